The molecule has 0 aliphatic heterocycles. The molecule has 3 aromatic rings. The first-order valence-corrected chi connectivity index (χ1v) is 14.0. The highest BCUT2D eigenvalue weighted by Gasteiger charge is 2.09. The fourth-order valence-corrected chi connectivity index (χ4v) is 4.32. The smallest absolute Gasteiger partial charge is 0.127 e. The summed E-state index contributed by atoms with van der Waals surface area (Å²) in [5, 5.41) is 0. The summed E-state index contributed by atoms with van der Waals surface area (Å²) in [5.41, 5.74) is 6.23. The van der Waals surface area contributed by atoms with Crippen LogP contribution >= 0.6 is 31.9 Å². The van der Waals surface area contributed by atoms with E-state index in [0.29, 0.717) is 12.4 Å². The van der Waals surface area contributed by atoms with Crippen molar-refractivity contribution < 1.29 is 13.9 Å². The van der Waals surface area contributed by atoms with Crippen LogP contribution in [-0.2, 0) is 17.8 Å². The van der Waals surface area contributed by atoms with Crippen LogP contribution in [0.25, 0.3) is 11.3 Å². The van der Waals surface area contributed by atoms with Gasteiger partial charge in [-0.2, -0.15) is 0 Å². The minimum atomic E-state index is -0.285. The molecule has 3 rings (SSSR count). The van der Waals surface area contributed by atoms with Crippen molar-refractivity contribution in [3.63, 3.8) is 0 Å². The van der Waals surface area contributed by atoms with E-state index >= 15 is 0 Å². The van der Waals surface area contributed by atoms with Crippen LogP contribution in [0.4, 0.5) is 4.39 Å². The van der Waals surface area contributed by atoms with Gasteiger partial charge in [-0.3, -0.25) is 0 Å². The summed E-state index contributed by atoms with van der Waals surface area (Å²) in [5.74, 6) is 1.15. The molecule has 0 spiro atoms. The summed E-state index contributed by atoms with van der Waals surface area (Å²) in [6, 6.07) is 18.8. The van der Waals surface area contributed by atoms with Gasteiger partial charge >= 0.3 is 0 Å². The van der Waals surface area contributed by atoms with E-state index in [0.717, 1.165) is 43.4 Å². The van der Waals surface area contributed by atoms with Crippen molar-refractivity contribution in [2.75, 3.05) is 6.61 Å². The molecule has 196 valence electrons. The Labute approximate surface area is 238 Å². The largest absolute Gasteiger partial charge is 0.494 e. The predicted molar refractivity (Wildman–Crippen MR) is 162 cm³/mol. The summed E-state index contributed by atoms with van der Waals surface area (Å²) in [6.07, 6.45) is 5.06. The van der Waals surface area contributed by atoms with Gasteiger partial charge in [0.2, 0.25) is 0 Å². The maximum absolute atomic E-state index is 13.7. The average Bonchev–Trinajstić information content (AvgIpc) is 2.89. The Kier molecular flexibility index (Phi) is 12.9. The third-order valence-electron chi connectivity index (χ3n) is 5.43. The fraction of sp³-hybridized carbons (Fsp3) is 0.250. The van der Waals surface area contributed by atoms with Gasteiger partial charge in [0.05, 0.1) is 6.61 Å². The third-order valence-corrected chi connectivity index (χ3v) is 6.69. The van der Waals surface area contributed by atoms with Crippen molar-refractivity contribution in [1.29, 1.82) is 0 Å². The van der Waals surface area contributed by atoms with E-state index in [1.807, 2.05) is 51.1 Å². The molecule has 0 aromatic heterocycles. The highest BCUT2D eigenvalue weighted by molar-refractivity contribution is 9.10. The first kappa shape index (κ1) is 30.6. The van der Waals surface area contributed by atoms with Crippen LogP contribution in [0.2, 0.25) is 0 Å². The van der Waals surface area contributed by atoms with Gasteiger partial charge in [0.1, 0.15) is 23.9 Å². The van der Waals surface area contributed by atoms with E-state index in [2.05, 4.69) is 76.6 Å². The lowest BCUT2D eigenvalue weighted by atomic mass is 10.0. The van der Waals surface area contributed by atoms with E-state index in [9.17, 15) is 4.39 Å². The minimum absolute atomic E-state index is 0.262. The number of ether oxygens (including phenoxy) is 2. The van der Waals surface area contributed by atoms with E-state index in [1.54, 1.807) is 6.07 Å². The standard InChI is InChI=1S/C30H29Br2FO2.C2H6/c1-5-34-22(4)24-8-6-7-23(16-24)15-20(2)9-10-21(3)28-18-26(31)11-14-30(28)35-19-25-17-27(33)12-13-29(25)32;1-2/h6-14,16-18H,4-5,15,19H2,1-3H3;1-2H3/b20-9-,21-10+;. The molecule has 2 nitrogen and oxygen atoms in total. The monoisotopic (exact) mass is 628 g/mol. The lowest BCUT2D eigenvalue weighted by Crippen LogP contribution is -1.99. The van der Waals surface area contributed by atoms with Crippen molar-refractivity contribution in [1.82, 2.24) is 0 Å². The summed E-state index contributed by atoms with van der Waals surface area (Å²) in [6.45, 7) is 15.0. The molecule has 5 heteroatoms. The fourth-order valence-electron chi connectivity index (χ4n) is 3.60. The molecule has 0 atom stereocenters. The number of hydrogen-bond donors (Lipinski definition) is 0. The van der Waals surface area contributed by atoms with Crippen LogP contribution in [0.15, 0.2) is 93.9 Å². The van der Waals surface area contributed by atoms with Gasteiger partial charge in [-0.1, -0.05) is 88.2 Å². The predicted octanol–water partition coefficient (Wildman–Crippen LogP) is 10.6. The quantitative estimate of drug-likeness (QED) is 0.164. The van der Waals surface area contributed by atoms with E-state index < -0.39 is 0 Å². The number of hydrogen-bond acceptors (Lipinski definition) is 2. The Morgan fingerprint density at radius 3 is 2.46 bits per heavy atom. The highest BCUT2D eigenvalue weighted by atomic mass is 79.9. The van der Waals surface area contributed by atoms with E-state index in [1.165, 1.54) is 23.3 Å². The molecule has 0 aliphatic carbocycles. The molecule has 0 N–H and O–H groups in total. The normalized spacial score (nSPS) is 11.5. The topological polar surface area (TPSA) is 18.5 Å². The number of allylic oxidation sites excluding steroid dienone is 4. The molecule has 0 unspecified atom stereocenters. The SMILES string of the molecule is C=C(OCC)c1cccc(C/C(C)=C\C=C(/C)c2cc(Br)ccc2OCc2cc(F)ccc2Br)c1.CC. The van der Waals surface area contributed by atoms with Crippen molar-refractivity contribution in [2.24, 2.45) is 0 Å². The van der Waals surface area contributed by atoms with Crippen molar-refractivity contribution in [3.8, 4) is 5.75 Å². The second kappa shape index (κ2) is 15.6. The zero-order valence-electron chi connectivity index (χ0n) is 22.2. The summed E-state index contributed by atoms with van der Waals surface area (Å²) >= 11 is 7.03. The molecular formula is C32H35Br2FO2. The Morgan fingerprint density at radius 1 is 0.973 bits per heavy atom. The molecular weight excluding hydrogens is 595 g/mol. The average molecular weight is 630 g/mol. The molecule has 3 aromatic carbocycles. The zero-order chi connectivity index (χ0) is 27.4. The first-order chi connectivity index (χ1) is 17.8. The van der Waals surface area contributed by atoms with Gasteiger partial charge in [0.25, 0.3) is 0 Å². The molecule has 0 bridgehead atoms. The van der Waals surface area contributed by atoms with E-state index in [-0.39, 0.29) is 12.4 Å². The van der Waals surface area contributed by atoms with Crippen LogP contribution in [0.5, 0.6) is 5.75 Å². The Bertz CT molecular complexity index is 1260. The molecule has 0 aliphatic rings. The van der Waals surface area contributed by atoms with Gasteiger partial charge in [-0.25, -0.2) is 4.39 Å². The Morgan fingerprint density at radius 2 is 1.73 bits per heavy atom. The first-order valence-electron chi connectivity index (χ1n) is 12.4. The number of benzene rings is 3. The minimum Gasteiger partial charge on any atom is -0.494 e. The van der Waals surface area contributed by atoms with Crippen molar-refractivity contribution >= 4 is 43.2 Å². The van der Waals surface area contributed by atoms with Gasteiger partial charge in [0, 0.05) is 25.6 Å². The van der Waals surface area contributed by atoms with Crippen LogP contribution in [0.1, 0.15) is 56.9 Å². The molecule has 0 heterocycles. The molecule has 37 heavy (non-hydrogen) atoms. The van der Waals surface area contributed by atoms with Gasteiger partial charge in [0.15, 0.2) is 0 Å². The zero-order valence-corrected chi connectivity index (χ0v) is 25.4. The number of halogens is 3. The van der Waals surface area contributed by atoms with Crippen LogP contribution in [-0.4, -0.2) is 6.61 Å². The highest BCUT2D eigenvalue weighted by Crippen LogP contribution is 2.31. The Hall–Kier alpha value is -2.63. The lowest BCUT2D eigenvalue weighted by Gasteiger charge is -2.13. The Balaban J connectivity index is 0.00000235. The molecule has 0 saturated carbocycles. The van der Waals surface area contributed by atoms with Crippen molar-refractivity contribution in [2.45, 2.75) is 47.6 Å². The van der Waals surface area contributed by atoms with Gasteiger partial charge < -0.3 is 9.47 Å². The van der Waals surface area contributed by atoms with Gasteiger partial charge in [-0.05, 0) is 80.8 Å². The second-order valence-electron chi connectivity index (χ2n) is 8.26. The molecule has 0 radical (unpaired) electrons. The molecule has 0 saturated heterocycles. The summed E-state index contributed by atoms with van der Waals surface area (Å²) in [7, 11) is 0. The second-order valence-corrected chi connectivity index (χ2v) is 10.0. The molecule has 0 amide bonds. The van der Waals surface area contributed by atoms with Crippen LogP contribution in [0.3, 0.4) is 0 Å². The number of rotatable bonds is 10. The lowest BCUT2D eigenvalue weighted by molar-refractivity contribution is 0.299. The summed E-state index contributed by atoms with van der Waals surface area (Å²) < 4.78 is 27.1. The van der Waals surface area contributed by atoms with Crippen LogP contribution < -0.4 is 4.74 Å². The van der Waals surface area contributed by atoms with E-state index in [4.69, 9.17) is 9.47 Å². The maximum Gasteiger partial charge on any atom is 0.127 e. The van der Waals surface area contributed by atoms with Gasteiger partial charge in [-0.15, -0.1) is 0 Å². The summed E-state index contributed by atoms with van der Waals surface area (Å²) in [4.78, 5) is 0. The maximum atomic E-state index is 13.7. The van der Waals surface area contributed by atoms with Crippen LogP contribution in [0, 0.1) is 5.82 Å². The van der Waals surface area contributed by atoms with Crippen molar-refractivity contribution in [3.05, 3.63) is 122 Å². The third kappa shape index (κ3) is 9.64. The molecule has 0 fully saturated rings.